The van der Waals surface area contributed by atoms with E-state index in [1.165, 1.54) is 18.2 Å². The van der Waals surface area contributed by atoms with Crippen molar-refractivity contribution in [2.75, 3.05) is 0 Å². The van der Waals surface area contributed by atoms with Crippen LogP contribution in [-0.2, 0) is 17.1 Å². The van der Waals surface area contributed by atoms with Crippen molar-refractivity contribution in [1.82, 2.24) is 0 Å². The van der Waals surface area contributed by atoms with E-state index in [-0.39, 0.29) is 17.1 Å². The van der Waals surface area contributed by atoms with Gasteiger partial charge in [-0.05, 0) is 0 Å². The van der Waals surface area contributed by atoms with Crippen LogP contribution in [0.2, 0.25) is 0 Å². The molecule has 0 saturated carbocycles. The van der Waals surface area contributed by atoms with Gasteiger partial charge in [-0.2, -0.15) is 0 Å². The smallest absolute Gasteiger partial charge is 0.458 e. The summed E-state index contributed by atoms with van der Waals surface area (Å²) in [6.07, 6.45) is 4.30. The van der Waals surface area contributed by atoms with Crippen molar-refractivity contribution in [3.63, 3.8) is 0 Å². The van der Waals surface area contributed by atoms with Crippen molar-refractivity contribution in [2.24, 2.45) is 0 Å². The molecule has 0 aliphatic rings. The molecular weight excluding hydrogens is 140 g/mol. The molecule has 0 fully saturated rings. The zero-order valence-electron chi connectivity index (χ0n) is 3.64. The van der Waals surface area contributed by atoms with Gasteiger partial charge in [-0.15, -0.1) is 6.61 Å². The second kappa shape index (κ2) is 9.27. The number of aliphatic hydroxyl groups is 1. The minimum absolute atomic E-state index is 0. The maximum Gasteiger partial charge on any atom is 2.00 e. The van der Waals surface area contributed by atoms with Crippen LogP contribution in [-0.4, -0.2) is 5.11 Å². The van der Waals surface area contributed by atoms with Crippen molar-refractivity contribution in [3.8, 4) is 0 Å². The first-order chi connectivity index (χ1) is 2.91. The quantitative estimate of drug-likeness (QED) is 0.350. The molecule has 1 nitrogen and oxygen atoms in total. The van der Waals surface area contributed by atoms with Gasteiger partial charge in [0.1, 0.15) is 0 Å². The summed E-state index contributed by atoms with van der Waals surface area (Å²) in [5.41, 5.74) is 0. The minimum Gasteiger partial charge on any atom is -0.458 e. The van der Waals surface area contributed by atoms with Crippen LogP contribution in [0.1, 0.15) is 0 Å². The molecule has 0 bridgehead atoms. The van der Waals surface area contributed by atoms with Crippen LogP contribution >= 0.6 is 0 Å². The summed E-state index contributed by atoms with van der Waals surface area (Å²) < 4.78 is 0. The predicted octanol–water partition coefficient (Wildman–Crippen LogP) is 1.06. The zero-order chi connectivity index (χ0) is 4.83. The molecule has 0 aromatic heterocycles. The summed E-state index contributed by atoms with van der Waals surface area (Å²) >= 11 is 0. The van der Waals surface area contributed by atoms with Crippen molar-refractivity contribution in [2.45, 2.75) is 0 Å². The van der Waals surface area contributed by atoms with Gasteiger partial charge in [0, 0.05) is 0 Å². The molecule has 0 amide bonds. The van der Waals surface area contributed by atoms with Crippen LogP contribution in [0.4, 0.5) is 0 Å². The average Bonchev–Trinajstić information content (AvgIpc) is 1.61. The van der Waals surface area contributed by atoms with Gasteiger partial charge >= 0.3 is 17.1 Å². The fourth-order valence-corrected chi connectivity index (χ4v) is 0.114. The van der Waals surface area contributed by atoms with Crippen LogP contribution in [0.25, 0.3) is 0 Å². The fraction of sp³-hybridized carbons (Fsp3) is 0. The number of rotatable bonds is 2. The van der Waals surface area contributed by atoms with Crippen molar-refractivity contribution >= 4 is 0 Å². The van der Waals surface area contributed by atoms with Gasteiger partial charge in [-0.25, -0.2) is 18.2 Å². The Morgan fingerprint density at radius 3 is 2.29 bits per heavy atom. The molecule has 1 radical (unpaired) electrons. The van der Waals surface area contributed by atoms with E-state index in [1.54, 1.807) is 0 Å². The monoisotopic (exact) mass is 145 g/mol. The van der Waals surface area contributed by atoms with Crippen LogP contribution in [0, 0.1) is 13.2 Å². The predicted molar refractivity (Wildman–Crippen MR) is 24.2 cm³/mol. The molecule has 0 aliphatic carbocycles. The fourth-order valence-electron chi connectivity index (χ4n) is 0.114. The maximum atomic E-state index is 7.91. The Balaban J connectivity index is 0. The molecule has 1 N–H and O–H groups in total. The summed E-state index contributed by atoms with van der Waals surface area (Å²) in [5.74, 6) is 0. The summed E-state index contributed by atoms with van der Waals surface area (Å²) in [6.45, 7) is 5.79. The van der Waals surface area contributed by atoms with E-state index in [4.69, 9.17) is 11.7 Å². The molecule has 0 rings (SSSR count). The SMILES string of the molecule is [CH-]=C/C=C\[CH-]O.[Cu+2]. The summed E-state index contributed by atoms with van der Waals surface area (Å²) in [5, 5.41) is 7.91. The van der Waals surface area contributed by atoms with Gasteiger partial charge in [0.25, 0.3) is 0 Å². The van der Waals surface area contributed by atoms with Crippen LogP contribution in [0.3, 0.4) is 0 Å². The number of allylic oxidation sites excluding steroid dienone is 2. The van der Waals surface area contributed by atoms with Crippen LogP contribution in [0.5, 0.6) is 0 Å². The van der Waals surface area contributed by atoms with Gasteiger partial charge < -0.3 is 5.11 Å². The average molecular weight is 146 g/mol. The molecule has 0 aromatic rings. The number of hydrogen-bond acceptors (Lipinski definition) is 1. The van der Waals surface area contributed by atoms with Gasteiger partial charge in [-0.3, -0.25) is 6.58 Å². The zero-order valence-corrected chi connectivity index (χ0v) is 4.58. The number of aliphatic hydroxyl groups excluding tert-OH is 1. The summed E-state index contributed by atoms with van der Waals surface area (Å²) in [7, 11) is 0. The molecule has 0 heterocycles. The van der Waals surface area contributed by atoms with Crippen LogP contribution in [0.15, 0.2) is 18.2 Å². The van der Waals surface area contributed by atoms with Crippen molar-refractivity contribution in [1.29, 1.82) is 0 Å². The Kier molecular flexibility index (Phi) is 13.2. The van der Waals surface area contributed by atoms with Gasteiger partial charge in [0.2, 0.25) is 0 Å². The molecule has 0 aromatic carbocycles. The van der Waals surface area contributed by atoms with E-state index in [2.05, 4.69) is 0 Å². The van der Waals surface area contributed by atoms with E-state index in [0.717, 1.165) is 6.61 Å². The Labute approximate surface area is 54.2 Å². The third-order valence-corrected chi connectivity index (χ3v) is 0.308. The molecule has 0 aliphatic heterocycles. The van der Waals surface area contributed by atoms with Crippen LogP contribution < -0.4 is 0 Å². The third-order valence-electron chi connectivity index (χ3n) is 0.308. The Morgan fingerprint density at radius 1 is 1.57 bits per heavy atom. The first-order valence-corrected chi connectivity index (χ1v) is 1.59. The van der Waals surface area contributed by atoms with E-state index in [1.807, 2.05) is 0 Å². The summed E-state index contributed by atoms with van der Waals surface area (Å²) in [4.78, 5) is 0. The van der Waals surface area contributed by atoms with E-state index in [0.29, 0.717) is 0 Å². The molecular formula is C5H6CuO. The molecule has 0 unspecified atom stereocenters. The summed E-state index contributed by atoms with van der Waals surface area (Å²) in [6, 6.07) is 0. The topological polar surface area (TPSA) is 20.2 Å². The van der Waals surface area contributed by atoms with Crippen molar-refractivity contribution in [3.05, 3.63) is 31.4 Å². The Bertz CT molecular complexity index is 59.1. The van der Waals surface area contributed by atoms with Gasteiger partial charge in [0.15, 0.2) is 0 Å². The molecule has 2 heteroatoms. The van der Waals surface area contributed by atoms with Gasteiger partial charge in [0.05, 0.1) is 0 Å². The first kappa shape index (κ1) is 9.95. The Hall–Kier alpha value is -0.171. The standard InChI is InChI=1S/C5H6O.Cu/c1-2-3-4-5-6;/h1-6H;/q-2;+2/b4-3-;. The van der Waals surface area contributed by atoms with Gasteiger partial charge in [-0.1, -0.05) is 0 Å². The van der Waals surface area contributed by atoms with Crippen molar-refractivity contribution < 1.29 is 22.2 Å². The maximum absolute atomic E-state index is 7.91. The molecule has 0 saturated heterocycles. The minimum atomic E-state index is 0. The normalized spacial score (nSPS) is 7.57. The largest absolute Gasteiger partial charge is 2.00 e. The first-order valence-electron chi connectivity index (χ1n) is 1.59. The molecule has 0 atom stereocenters. The molecule has 0 spiro atoms. The molecule has 7 heavy (non-hydrogen) atoms. The second-order valence-electron chi connectivity index (χ2n) is 0.726. The van der Waals surface area contributed by atoms with E-state index >= 15 is 0 Å². The molecule has 43 valence electrons. The van der Waals surface area contributed by atoms with E-state index in [9.17, 15) is 0 Å². The third kappa shape index (κ3) is 10.7. The second-order valence-corrected chi connectivity index (χ2v) is 0.726. The number of hydrogen-bond donors (Lipinski definition) is 1. The van der Waals surface area contributed by atoms with E-state index < -0.39 is 0 Å². The Morgan fingerprint density at radius 2 is 2.14 bits per heavy atom.